The zero-order chi connectivity index (χ0) is 17.9. The molecule has 0 aliphatic carbocycles. The molecule has 134 valence electrons. The van der Waals surface area contributed by atoms with E-state index in [1.54, 1.807) is 4.31 Å². The number of hydrogen-bond donors (Lipinski definition) is 0. The van der Waals surface area contributed by atoms with Crippen molar-refractivity contribution in [1.82, 2.24) is 4.31 Å². The number of hydrogen-bond acceptors (Lipinski definition) is 3. The highest BCUT2D eigenvalue weighted by Crippen LogP contribution is 2.27. The van der Waals surface area contributed by atoms with Gasteiger partial charge in [0.2, 0.25) is 10.0 Å². The van der Waals surface area contributed by atoms with Crippen molar-refractivity contribution >= 4 is 10.0 Å². The zero-order valence-electron chi connectivity index (χ0n) is 14.8. The summed E-state index contributed by atoms with van der Waals surface area (Å²) in [5.41, 5.74) is 3.25. The third-order valence-electron chi connectivity index (χ3n) is 4.67. The maximum Gasteiger partial charge on any atom is 0.214 e. The Morgan fingerprint density at radius 2 is 1.76 bits per heavy atom. The summed E-state index contributed by atoms with van der Waals surface area (Å²) >= 11 is 0. The molecule has 0 spiro atoms. The molecule has 2 atom stereocenters. The SMILES string of the molecule is Cc1ccc(C2CN(S(=O)(=O)CCc3ccccc3)C(C)CO2)cc1. The molecule has 1 saturated heterocycles. The quantitative estimate of drug-likeness (QED) is 0.823. The monoisotopic (exact) mass is 359 g/mol. The lowest BCUT2D eigenvalue weighted by Gasteiger charge is -2.37. The molecule has 1 aliphatic heterocycles. The Hall–Kier alpha value is -1.69. The highest BCUT2D eigenvalue weighted by molar-refractivity contribution is 7.89. The zero-order valence-corrected chi connectivity index (χ0v) is 15.6. The third-order valence-corrected chi connectivity index (χ3v) is 6.62. The van der Waals surface area contributed by atoms with Crippen molar-refractivity contribution in [2.24, 2.45) is 0 Å². The minimum atomic E-state index is -3.33. The van der Waals surface area contributed by atoms with Gasteiger partial charge in [-0.05, 0) is 31.4 Å². The van der Waals surface area contributed by atoms with E-state index in [9.17, 15) is 8.42 Å². The predicted molar refractivity (Wildman–Crippen MR) is 100.0 cm³/mol. The Morgan fingerprint density at radius 3 is 2.44 bits per heavy atom. The largest absolute Gasteiger partial charge is 0.370 e. The molecule has 1 heterocycles. The van der Waals surface area contributed by atoms with Gasteiger partial charge < -0.3 is 4.74 Å². The van der Waals surface area contributed by atoms with E-state index >= 15 is 0 Å². The second-order valence-corrected chi connectivity index (χ2v) is 8.74. The fraction of sp³-hybridized carbons (Fsp3) is 0.400. The minimum absolute atomic E-state index is 0.127. The minimum Gasteiger partial charge on any atom is -0.370 e. The molecular weight excluding hydrogens is 334 g/mol. The van der Waals surface area contributed by atoms with E-state index in [2.05, 4.69) is 0 Å². The number of ether oxygens (including phenoxy) is 1. The van der Waals surface area contributed by atoms with Crippen LogP contribution in [0.5, 0.6) is 0 Å². The van der Waals surface area contributed by atoms with Gasteiger partial charge in [-0.25, -0.2) is 8.42 Å². The van der Waals surface area contributed by atoms with Crippen LogP contribution in [-0.2, 0) is 21.2 Å². The average molecular weight is 359 g/mol. The van der Waals surface area contributed by atoms with Crippen LogP contribution < -0.4 is 0 Å². The van der Waals surface area contributed by atoms with Crippen LogP contribution in [0.4, 0.5) is 0 Å². The second-order valence-electron chi connectivity index (χ2n) is 6.70. The van der Waals surface area contributed by atoms with E-state index < -0.39 is 10.0 Å². The summed E-state index contributed by atoms with van der Waals surface area (Å²) in [5.74, 6) is 0.127. The smallest absolute Gasteiger partial charge is 0.214 e. The summed E-state index contributed by atoms with van der Waals surface area (Å²) in [7, 11) is -3.33. The Kier molecular flexibility index (Phi) is 5.57. The van der Waals surface area contributed by atoms with Crippen molar-refractivity contribution in [3.8, 4) is 0 Å². The molecule has 2 aromatic rings. The molecule has 25 heavy (non-hydrogen) atoms. The molecule has 1 fully saturated rings. The van der Waals surface area contributed by atoms with Crippen LogP contribution in [-0.4, -0.2) is 37.7 Å². The highest BCUT2D eigenvalue weighted by atomic mass is 32.2. The highest BCUT2D eigenvalue weighted by Gasteiger charge is 2.34. The molecule has 1 aliphatic rings. The first-order valence-electron chi connectivity index (χ1n) is 8.67. The Morgan fingerprint density at radius 1 is 1.08 bits per heavy atom. The van der Waals surface area contributed by atoms with Crippen molar-refractivity contribution in [2.75, 3.05) is 18.9 Å². The van der Waals surface area contributed by atoms with E-state index in [0.717, 1.165) is 11.1 Å². The van der Waals surface area contributed by atoms with Crippen LogP contribution in [0.25, 0.3) is 0 Å². The maximum absolute atomic E-state index is 12.9. The first-order chi connectivity index (χ1) is 12.0. The van der Waals surface area contributed by atoms with E-state index in [1.165, 1.54) is 5.56 Å². The third kappa shape index (κ3) is 4.48. The van der Waals surface area contributed by atoms with Gasteiger partial charge in [0.1, 0.15) is 0 Å². The molecular formula is C20H25NO3S. The lowest BCUT2D eigenvalue weighted by Crippen LogP contribution is -2.49. The van der Waals surface area contributed by atoms with Crippen molar-refractivity contribution in [1.29, 1.82) is 0 Å². The second kappa shape index (κ2) is 7.68. The van der Waals surface area contributed by atoms with Gasteiger partial charge in [0.05, 0.1) is 18.5 Å². The standard InChI is InChI=1S/C20H25NO3S/c1-16-8-10-19(11-9-16)20-14-21(17(2)15-24-20)25(22,23)13-12-18-6-4-3-5-7-18/h3-11,17,20H,12-15H2,1-2H3. The van der Waals surface area contributed by atoms with Crippen LogP contribution in [0.1, 0.15) is 29.7 Å². The van der Waals surface area contributed by atoms with Crippen LogP contribution in [0.2, 0.25) is 0 Å². The van der Waals surface area contributed by atoms with Gasteiger partial charge in [0.25, 0.3) is 0 Å². The van der Waals surface area contributed by atoms with E-state index in [-0.39, 0.29) is 17.9 Å². The normalized spacial score (nSPS) is 22.0. The summed E-state index contributed by atoms with van der Waals surface area (Å²) in [6.07, 6.45) is 0.325. The Labute approximate surface area is 150 Å². The van der Waals surface area contributed by atoms with Crippen molar-refractivity contribution in [3.05, 3.63) is 71.3 Å². The van der Waals surface area contributed by atoms with Gasteiger partial charge in [-0.1, -0.05) is 60.2 Å². The van der Waals surface area contributed by atoms with Gasteiger partial charge in [0.15, 0.2) is 0 Å². The summed E-state index contributed by atoms with van der Waals surface area (Å²) in [4.78, 5) is 0. The molecule has 4 nitrogen and oxygen atoms in total. The number of morpholine rings is 1. The van der Waals surface area contributed by atoms with Gasteiger partial charge in [-0.15, -0.1) is 0 Å². The molecule has 0 bridgehead atoms. The van der Waals surface area contributed by atoms with Crippen molar-refractivity contribution < 1.29 is 13.2 Å². The predicted octanol–water partition coefficient (Wildman–Crippen LogP) is 3.33. The molecule has 0 amide bonds. The Bertz CT molecular complexity index is 787. The molecule has 0 saturated carbocycles. The topological polar surface area (TPSA) is 46.6 Å². The van der Waals surface area contributed by atoms with Crippen LogP contribution in [0, 0.1) is 6.92 Å². The van der Waals surface area contributed by atoms with Gasteiger partial charge in [0, 0.05) is 12.6 Å². The number of benzene rings is 2. The summed E-state index contributed by atoms with van der Waals surface area (Å²) in [5, 5.41) is 0. The maximum atomic E-state index is 12.9. The molecule has 2 unspecified atom stereocenters. The molecule has 3 rings (SSSR count). The molecule has 0 N–H and O–H groups in total. The first kappa shape index (κ1) is 18.1. The van der Waals surface area contributed by atoms with Crippen molar-refractivity contribution in [2.45, 2.75) is 32.4 Å². The first-order valence-corrected chi connectivity index (χ1v) is 10.3. The Balaban J connectivity index is 1.71. The fourth-order valence-electron chi connectivity index (χ4n) is 3.11. The van der Waals surface area contributed by atoms with Crippen LogP contribution in [0.15, 0.2) is 54.6 Å². The average Bonchev–Trinajstić information content (AvgIpc) is 2.62. The molecule has 5 heteroatoms. The molecule has 2 aromatic carbocycles. The van der Waals surface area contributed by atoms with E-state index in [1.807, 2.05) is 68.4 Å². The van der Waals surface area contributed by atoms with E-state index in [0.29, 0.717) is 19.6 Å². The van der Waals surface area contributed by atoms with Crippen LogP contribution >= 0.6 is 0 Å². The summed E-state index contributed by atoms with van der Waals surface area (Å²) in [6, 6.07) is 17.7. The lowest BCUT2D eigenvalue weighted by atomic mass is 10.1. The number of nitrogens with zero attached hydrogens (tertiary/aromatic N) is 1. The summed E-state index contributed by atoms with van der Waals surface area (Å²) < 4.78 is 33.3. The van der Waals surface area contributed by atoms with Gasteiger partial charge in [-0.3, -0.25) is 0 Å². The van der Waals surface area contributed by atoms with Gasteiger partial charge >= 0.3 is 0 Å². The van der Waals surface area contributed by atoms with E-state index in [4.69, 9.17) is 4.74 Å². The summed E-state index contributed by atoms with van der Waals surface area (Å²) in [6.45, 7) is 4.74. The number of aryl methyl sites for hydroxylation is 2. The number of sulfonamides is 1. The lowest BCUT2D eigenvalue weighted by molar-refractivity contribution is -0.0288. The molecule has 0 radical (unpaired) electrons. The number of rotatable bonds is 5. The van der Waals surface area contributed by atoms with Gasteiger partial charge in [-0.2, -0.15) is 4.31 Å². The molecule has 0 aromatic heterocycles. The van der Waals surface area contributed by atoms with Crippen LogP contribution in [0.3, 0.4) is 0 Å². The fourth-order valence-corrected chi connectivity index (χ4v) is 4.81. The van der Waals surface area contributed by atoms with Crippen molar-refractivity contribution in [3.63, 3.8) is 0 Å².